The minimum absolute atomic E-state index is 0.110. The van der Waals surface area contributed by atoms with Gasteiger partial charge in [0.1, 0.15) is 5.75 Å². The van der Waals surface area contributed by atoms with E-state index >= 15 is 0 Å². The summed E-state index contributed by atoms with van der Waals surface area (Å²) in [7, 11) is 0. The summed E-state index contributed by atoms with van der Waals surface area (Å²) in [6.45, 7) is 7.73. The number of aryl methyl sites for hydroxylation is 2. The molecule has 0 radical (unpaired) electrons. The van der Waals surface area contributed by atoms with Crippen molar-refractivity contribution >= 4 is 5.91 Å². The summed E-state index contributed by atoms with van der Waals surface area (Å²) < 4.78 is 7.81. The third-order valence-electron chi connectivity index (χ3n) is 4.86. The van der Waals surface area contributed by atoms with E-state index in [0.717, 1.165) is 31.1 Å². The predicted molar refractivity (Wildman–Crippen MR) is 96.0 cm³/mol. The maximum Gasteiger partial charge on any atom is 0.222 e. The summed E-state index contributed by atoms with van der Waals surface area (Å²) in [5.41, 5.74) is 7.88. The topological polar surface area (TPSA) is 73.4 Å². The number of nitrogens with zero attached hydrogens (tertiary/aromatic N) is 3. The lowest BCUT2D eigenvalue weighted by molar-refractivity contribution is -0.122. The number of likely N-dealkylation sites (tertiary alicyclic amines) is 1. The molecule has 6 nitrogen and oxygen atoms in total. The van der Waals surface area contributed by atoms with E-state index in [2.05, 4.69) is 23.1 Å². The number of benzene rings is 1. The van der Waals surface area contributed by atoms with E-state index in [4.69, 9.17) is 10.5 Å². The normalized spacial score (nSPS) is 20.7. The first-order chi connectivity index (χ1) is 12.1. The molecule has 0 spiro atoms. The molecule has 134 valence electrons. The highest BCUT2D eigenvalue weighted by atomic mass is 16.5. The van der Waals surface area contributed by atoms with Crippen molar-refractivity contribution in [1.82, 2.24) is 14.7 Å². The van der Waals surface area contributed by atoms with Crippen molar-refractivity contribution in [3.8, 4) is 5.75 Å². The second-order valence-electron chi connectivity index (χ2n) is 6.68. The number of hydrogen-bond acceptors (Lipinski definition) is 4. The quantitative estimate of drug-likeness (QED) is 0.833. The molecule has 1 fully saturated rings. The number of amides is 1. The summed E-state index contributed by atoms with van der Waals surface area (Å²) in [4.78, 5) is 14.1. The highest BCUT2D eigenvalue weighted by Crippen LogP contribution is 2.26. The molecule has 1 amide bonds. The Hall–Kier alpha value is -2.34. The number of para-hydroxylation sites is 1. The van der Waals surface area contributed by atoms with Crippen molar-refractivity contribution in [2.45, 2.75) is 26.9 Å². The summed E-state index contributed by atoms with van der Waals surface area (Å²) in [6.07, 6.45) is 2.09. The predicted octanol–water partition coefficient (Wildman–Crippen LogP) is 1.82. The first-order valence-electron chi connectivity index (χ1n) is 8.79. The molecule has 0 unspecified atom stereocenters. The fourth-order valence-electron chi connectivity index (χ4n) is 3.42. The van der Waals surface area contributed by atoms with E-state index in [9.17, 15) is 4.79 Å². The molecule has 0 bridgehead atoms. The van der Waals surface area contributed by atoms with Gasteiger partial charge in [-0.3, -0.25) is 14.4 Å². The van der Waals surface area contributed by atoms with Gasteiger partial charge >= 0.3 is 0 Å². The van der Waals surface area contributed by atoms with Crippen LogP contribution in [-0.2, 0) is 17.9 Å². The number of ether oxygens (including phenoxy) is 1. The van der Waals surface area contributed by atoms with Gasteiger partial charge in [-0.15, -0.1) is 0 Å². The monoisotopic (exact) mass is 342 g/mol. The molecule has 2 atom stereocenters. The fraction of sp³-hybridized carbons (Fsp3) is 0.474. The molecule has 0 aliphatic carbocycles. The molecular weight excluding hydrogens is 316 g/mol. The SMILES string of the molecule is CCn1cc(CN2C[C@@H](COc3ccccc3)[C@H](C(N)=O)C2)c(C)n1. The lowest BCUT2D eigenvalue weighted by atomic mass is 9.96. The van der Waals surface area contributed by atoms with Gasteiger partial charge in [-0.25, -0.2) is 0 Å². The largest absolute Gasteiger partial charge is 0.493 e. The Labute approximate surface area is 148 Å². The van der Waals surface area contributed by atoms with Crippen LogP contribution in [-0.4, -0.2) is 40.3 Å². The van der Waals surface area contributed by atoms with Gasteiger partial charge in [0.05, 0.1) is 18.2 Å². The molecular formula is C19H26N4O2. The lowest BCUT2D eigenvalue weighted by Crippen LogP contribution is -2.32. The van der Waals surface area contributed by atoms with Crippen molar-refractivity contribution in [3.63, 3.8) is 0 Å². The standard InChI is InChI=1S/C19H26N4O2/c1-3-23-11-15(14(2)21-23)9-22-10-16(18(12-22)19(20)24)13-25-17-7-5-4-6-8-17/h4-8,11,16,18H,3,9-10,12-13H2,1-2H3,(H2,20,24)/t16-,18+/m0/s1. The fourth-order valence-corrected chi connectivity index (χ4v) is 3.42. The van der Waals surface area contributed by atoms with Crippen LogP contribution in [0.5, 0.6) is 5.75 Å². The Morgan fingerprint density at radius 3 is 2.72 bits per heavy atom. The van der Waals surface area contributed by atoms with Gasteiger partial charge in [-0.2, -0.15) is 5.10 Å². The average Bonchev–Trinajstić information content (AvgIpc) is 3.18. The number of nitrogens with two attached hydrogens (primary N) is 1. The minimum atomic E-state index is -0.245. The molecule has 6 heteroatoms. The zero-order valence-electron chi connectivity index (χ0n) is 14.9. The number of aromatic nitrogens is 2. The number of carbonyl (C=O) groups is 1. The van der Waals surface area contributed by atoms with Crippen LogP contribution in [0.2, 0.25) is 0 Å². The van der Waals surface area contributed by atoms with E-state index in [1.165, 1.54) is 5.56 Å². The van der Waals surface area contributed by atoms with E-state index in [1.54, 1.807) is 0 Å². The molecule has 1 aromatic carbocycles. The molecule has 3 rings (SSSR count). The summed E-state index contributed by atoms with van der Waals surface area (Å²) in [5.74, 6) is 0.513. The maximum atomic E-state index is 11.9. The Bertz CT molecular complexity index is 713. The van der Waals surface area contributed by atoms with Gasteiger partial charge in [-0.05, 0) is 26.0 Å². The van der Waals surface area contributed by atoms with E-state index in [1.807, 2.05) is 41.9 Å². The van der Waals surface area contributed by atoms with Crippen LogP contribution < -0.4 is 10.5 Å². The van der Waals surface area contributed by atoms with E-state index < -0.39 is 0 Å². The zero-order chi connectivity index (χ0) is 17.8. The van der Waals surface area contributed by atoms with Crippen molar-refractivity contribution in [2.24, 2.45) is 17.6 Å². The third-order valence-corrected chi connectivity index (χ3v) is 4.86. The molecule has 1 saturated heterocycles. The van der Waals surface area contributed by atoms with Crippen molar-refractivity contribution in [3.05, 3.63) is 47.8 Å². The zero-order valence-corrected chi connectivity index (χ0v) is 14.9. The van der Waals surface area contributed by atoms with Crippen LogP contribution in [0.25, 0.3) is 0 Å². The lowest BCUT2D eigenvalue weighted by Gasteiger charge is -2.16. The molecule has 2 aromatic rings. The minimum Gasteiger partial charge on any atom is -0.493 e. The van der Waals surface area contributed by atoms with Crippen LogP contribution in [0.1, 0.15) is 18.2 Å². The summed E-state index contributed by atoms with van der Waals surface area (Å²) in [6, 6.07) is 9.68. The molecule has 1 aromatic heterocycles. The average molecular weight is 342 g/mol. The van der Waals surface area contributed by atoms with Gasteiger partial charge in [0.25, 0.3) is 0 Å². The Morgan fingerprint density at radius 1 is 1.32 bits per heavy atom. The Balaban J connectivity index is 1.63. The maximum absolute atomic E-state index is 11.9. The Morgan fingerprint density at radius 2 is 2.08 bits per heavy atom. The Kier molecular flexibility index (Phi) is 5.38. The number of rotatable bonds is 7. The van der Waals surface area contributed by atoms with Crippen LogP contribution in [0.3, 0.4) is 0 Å². The third kappa shape index (κ3) is 4.20. The first kappa shape index (κ1) is 17.5. The number of primary amides is 1. The molecule has 25 heavy (non-hydrogen) atoms. The second kappa shape index (κ2) is 7.70. The van der Waals surface area contributed by atoms with Gasteiger partial charge < -0.3 is 10.5 Å². The second-order valence-corrected chi connectivity index (χ2v) is 6.68. The number of hydrogen-bond donors (Lipinski definition) is 1. The van der Waals surface area contributed by atoms with Crippen LogP contribution in [0.15, 0.2) is 36.5 Å². The van der Waals surface area contributed by atoms with E-state index in [-0.39, 0.29) is 17.7 Å². The molecule has 2 N–H and O–H groups in total. The summed E-state index contributed by atoms with van der Waals surface area (Å²) >= 11 is 0. The van der Waals surface area contributed by atoms with Crippen molar-refractivity contribution in [2.75, 3.05) is 19.7 Å². The van der Waals surface area contributed by atoms with Crippen molar-refractivity contribution < 1.29 is 9.53 Å². The van der Waals surface area contributed by atoms with Gasteiger partial charge in [0.2, 0.25) is 5.91 Å². The highest BCUT2D eigenvalue weighted by Gasteiger charge is 2.37. The van der Waals surface area contributed by atoms with Crippen LogP contribution in [0, 0.1) is 18.8 Å². The highest BCUT2D eigenvalue weighted by molar-refractivity contribution is 5.77. The molecule has 2 heterocycles. The molecule has 1 aliphatic rings. The summed E-state index contributed by atoms with van der Waals surface area (Å²) in [5, 5.41) is 4.49. The molecule has 0 saturated carbocycles. The van der Waals surface area contributed by atoms with Crippen molar-refractivity contribution in [1.29, 1.82) is 0 Å². The van der Waals surface area contributed by atoms with Gasteiger partial charge in [0, 0.05) is 43.9 Å². The van der Waals surface area contributed by atoms with Gasteiger partial charge in [0.15, 0.2) is 0 Å². The number of carbonyl (C=O) groups excluding carboxylic acids is 1. The van der Waals surface area contributed by atoms with Crippen LogP contribution >= 0.6 is 0 Å². The van der Waals surface area contributed by atoms with E-state index in [0.29, 0.717) is 13.2 Å². The first-order valence-corrected chi connectivity index (χ1v) is 8.79. The van der Waals surface area contributed by atoms with Gasteiger partial charge in [-0.1, -0.05) is 18.2 Å². The smallest absolute Gasteiger partial charge is 0.222 e. The van der Waals surface area contributed by atoms with Crippen LogP contribution in [0.4, 0.5) is 0 Å². The molecule has 1 aliphatic heterocycles.